The zero-order valence-corrected chi connectivity index (χ0v) is 20.0. The minimum absolute atomic E-state index is 0.0998. The van der Waals surface area contributed by atoms with E-state index in [-0.39, 0.29) is 17.9 Å². The Bertz CT molecular complexity index is 1360. The van der Waals surface area contributed by atoms with Gasteiger partial charge in [0.15, 0.2) is 4.34 Å². The molecule has 2 amide bonds. The van der Waals surface area contributed by atoms with Crippen LogP contribution in [0.1, 0.15) is 28.4 Å². The first-order valence-electron chi connectivity index (χ1n) is 10.8. The molecule has 2 heterocycles. The van der Waals surface area contributed by atoms with Gasteiger partial charge in [-0.15, -0.1) is 11.3 Å². The standard InChI is InChI=1S/C26H23N3O2S2/c1-16-6-5-8-19(12-16)25(31)27-20-10-11-21-23(14-20)33-26(28-21)32-15-24(30)29-17(2)13-18-7-3-4-9-22(18)29/h3-12,14,17H,13,15H2,1-2H3,(H,27,31)/t17-/m1/s1. The van der Waals surface area contributed by atoms with E-state index in [4.69, 9.17) is 0 Å². The Labute approximate surface area is 200 Å². The predicted octanol–water partition coefficient (Wildman–Crippen LogP) is 5.93. The van der Waals surface area contributed by atoms with Gasteiger partial charge in [0.1, 0.15) is 0 Å². The quantitative estimate of drug-likeness (QED) is 0.365. The third kappa shape index (κ3) is 4.51. The number of benzene rings is 3. The molecule has 1 aromatic heterocycles. The summed E-state index contributed by atoms with van der Waals surface area (Å²) in [5.41, 5.74) is 5.52. The van der Waals surface area contributed by atoms with Crippen LogP contribution in [0.2, 0.25) is 0 Å². The number of nitrogens with zero attached hydrogens (tertiary/aromatic N) is 2. The van der Waals surface area contributed by atoms with E-state index in [1.165, 1.54) is 28.7 Å². The average molecular weight is 474 g/mol. The van der Waals surface area contributed by atoms with Crippen LogP contribution in [0, 0.1) is 6.92 Å². The molecular weight excluding hydrogens is 450 g/mol. The summed E-state index contributed by atoms with van der Waals surface area (Å²) in [6.07, 6.45) is 0.894. The average Bonchev–Trinajstić information content (AvgIpc) is 3.36. The smallest absolute Gasteiger partial charge is 0.255 e. The molecule has 7 heteroatoms. The van der Waals surface area contributed by atoms with Crippen LogP contribution < -0.4 is 10.2 Å². The summed E-state index contributed by atoms with van der Waals surface area (Å²) < 4.78 is 1.83. The van der Waals surface area contributed by atoms with Gasteiger partial charge in [-0.05, 0) is 62.2 Å². The second-order valence-corrected chi connectivity index (χ2v) is 10.5. The molecule has 1 aliphatic rings. The number of hydrogen-bond donors (Lipinski definition) is 1. The van der Waals surface area contributed by atoms with Gasteiger partial charge in [-0.2, -0.15) is 0 Å². The topological polar surface area (TPSA) is 62.3 Å². The highest BCUT2D eigenvalue weighted by Gasteiger charge is 2.30. The number of nitrogens with one attached hydrogen (secondary N) is 1. The van der Waals surface area contributed by atoms with Gasteiger partial charge in [0, 0.05) is 23.0 Å². The summed E-state index contributed by atoms with van der Waals surface area (Å²) in [5.74, 6) is 0.306. The second-order valence-electron chi connectivity index (χ2n) is 8.22. The van der Waals surface area contributed by atoms with Crippen molar-refractivity contribution in [3.63, 3.8) is 0 Å². The molecule has 4 aromatic rings. The maximum Gasteiger partial charge on any atom is 0.255 e. The lowest BCUT2D eigenvalue weighted by Gasteiger charge is -2.22. The van der Waals surface area contributed by atoms with Gasteiger partial charge in [-0.25, -0.2) is 4.98 Å². The summed E-state index contributed by atoms with van der Waals surface area (Å²) in [6, 6.07) is 21.5. The van der Waals surface area contributed by atoms with Crippen molar-refractivity contribution in [2.24, 2.45) is 0 Å². The summed E-state index contributed by atoms with van der Waals surface area (Å²) in [4.78, 5) is 32.1. The fourth-order valence-corrected chi connectivity index (χ4v) is 6.14. The number of thiazole rings is 1. The molecule has 5 rings (SSSR count). The Morgan fingerprint density at radius 3 is 2.82 bits per heavy atom. The van der Waals surface area contributed by atoms with Crippen LogP contribution in [-0.4, -0.2) is 28.6 Å². The number of aromatic nitrogens is 1. The molecule has 0 saturated heterocycles. The van der Waals surface area contributed by atoms with Crippen molar-refractivity contribution in [2.45, 2.75) is 30.6 Å². The Balaban J connectivity index is 1.26. The third-order valence-corrected chi connectivity index (χ3v) is 7.85. The molecule has 0 spiro atoms. The second kappa shape index (κ2) is 9.00. The van der Waals surface area contributed by atoms with Gasteiger partial charge in [0.2, 0.25) is 5.91 Å². The highest BCUT2D eigenvalue weighted by molar-refractivity contribution is 8.01. The number of hydrogen-bond acceptors (Lipinski definition) is 5. The van der Waals surface area contributed by atoms with Gasteiger partial charge < -0.3 is 10.2 Å². The van der Waals surface area contributed by atoms with Crippen LogP contribution in [-0.2, 0) is 11.2 Å². The van der Waals surface area contributed by atoms with E-state index in [0.717, 1.165) is 37.9 Å². The number of carbonyl (C=O) groups is 2. The zero-order chi connectivity index (χ0) is 22.9. The molecule has 0 radical (unpaired) electrons. The van der Waals surface area contributed by atoms with Crippen molar-refractivity contribution in [1.29, 1.82) is 0 Å². The van der Waals surface area contributed by atoms with Crippen molar-refractivity contribution in [3.8, 4) is 0 Å². The van der Waals surface area contributed by atoms with Crippen LogP contribution in [0.15, 0.2) is 71.1 Å². The highest BCUT2D eigenvalue weighted by Crippen LogP contribution is 2.35. The number of thioether (sulfide) groups is 1. The van der Waals surface area contributed by atoms with Crippen LogP contribution in [0.5, 0.6) is 0 Å². The molecule has 33 heavy (non-hydrogen) atoms. The lowest BCUT2D eigenvalue weighted by molar-refractivity contribution is -0.116. The van der Waals surface area contributed by atoms with E-state index in [1.54, 1.807) is 6.07 Å². The Morgan fingerprint density at radius 2 is 1.97 bits per heavy atom. The molecular formula is C26H23N3O2S2. The van der Waals surface area contributed by atoms with E-state index in [0.29, 0.717) is 11.3 Å². The summed E-state index contributed by atoms with van der Waals surface area (Å²) in [7, 11) is 0. The lowest BCUT2D eigenvalue weighted by Crippen LogP contribution is -2.36. The van der Waals surface area contributed by atoms with Crippen LogP contribution in [0.25, 0.3) is 10.2 Å². The van der Waals surface area contributed by atoms with Crippen molar-refractivity contribution in [3.05, 3.63) is 83.4 Å². The normalized spacial score (nSPS) is 15.0. The van der Waals surface area contributed by atoms with Crippen LogP contribution >= 0.6 is 23.1 Å². The van der Waals surface area contributed by atoms with Crippen molar-refractivity contribution in [2.75, 3.05) is 16.0 Å². The molecule has 0 aliphatic carbocycles. The summed E-state index contributed by atoms with van der Waals surface area (Å²) in [5, 5.41) is 2.96. The molecule has 0 bridgehead atoms. The molecule has 1 aliphatic heterocycles. The fourth-order valence-electron chi connectivity index (χ4n) is 4.17. The number of fused-ring (bicyclic) bond motifs is 2. The first-order valence-corrected chi connectivity index (χ1v) is 12.6. The van der Waals surface area contributed by atoms with E-state index in [9.17, 15) is 9.59 Å². The third-order valence-electron chi connectivity index (χ3n) is 5.70. The minimum Gasteiger partial charge on any atom is -0.322 e. The van der Waals surface area contributed by atoms with Gasteiger partial charge in [0.25, 0.3) is 5.91 Å². The molecule has 1 atom stereocenters. The lowest BCUT2D eigenvalue weighted by atomic mass is 10.1. The van der Waals surface area contributed by atoms with E-state index in [1.807, 2.05) is 66.4 Å². The van der Waals surface area contributed by atoms with Crippen molar-refractivity contribution in [1.82, 2.24) is 4.98 Å². The number of rotatable bonds is 5. The van der Waals surface area contributed by atoms with E-state index in [2.05, 4.69) is 23.3 Å². The van der Waals surface area contributed by atoms with Gasteiger partial charge >= 0.3 is 0 Å². The Hall–Kier alpha value is -3.16. The largest absolute Gasteiger partial charge is 0.322 e. The monoisotopic (exact) mass is 473 g/mol. The van der Waals surface area contributed by atoms with Gasteiger partial charge in [-0.3, -0.25) is 9.59 Å². The maximum atomic E-state index is 13.0. The number of aryl methyl sites for hydroxylation is 1. The SMILES string of the molecule is Cc1cccc(C(=O)Nc2ccc3nc(SCC(=O)N4c5ccccc5C[C@H]4C)sc3c2)c1. The number of para-hydroxylation sites is 1. The predicted molar refractivity (Wildman–Crippen MR) is 137 cm³/mol. The Morgan fingerprint density at radius 1 is 1.12 bits per heavy atom. The molecule has 0 saturated carbocycles. The van der Waals surface area contributed by atoms with Gasteiger partial charge in [0.05, 0.1) is 16.0 Å². The van der Waals surface area contributed by atoms with E-state index >= 15 is 0 Å². The summed E-state index contributed by atoms with van der Waals surface area (Å²) >= 11 is 3.00. The van der Waals surface area contributed by atoms with Crippen LogP contribution in [0.4, 0.5) is 11.4 Å². The maximum absolute atomic E-state index is 13.0. The molecule has 0 unspecified atom stereocenters. The number of carbonyl (C=O) groups excluding carboxylic acids is 2. The molecule has 3 aromatic carbocycles. The molecule has 5 nitrogen and oxygen atoms in total. The fraction of sp³-hybridized carbons (Fsp3) is 0.192. The van der Waals surface area contributed by atoms with E-state index < -0.39 is 0 Å². The molecule has 0 fully saturated rings. The van der Waals surface area contributed by atoms with Gasteiger partial charge in [-0.1, -0.05) is 47.7 Å². The first kappa shape index (κ1) is 21.7. The van der Waals surface area contributed by atoms with Crippen LogP contribution in [0.3, 0.4) is 0 Å². The molecule has 1 N–H and O–H groups in total. The first-order chi connectivity index (χ1) is 16.0. The molecule has 166 valence electrons. The number of anilines is 2. The Kier molecular flexibility index (Phi) is 5.91. The minimum atomic E-state index is -0.136. The summed E-state index contributed by atoms with van der Waals surface area (Å²) in [6.45, 7) is 4.06. The van der Waals surface area contributed by atoms with Crippen molar-refractivity contribution >= 4 is 56.5 Å². The van der Waals surface area contributed by atoms with Crippen molar-refractivity contribution < 1.29 is 9.59 Å². The number of amides is 2. The zero-order valence-electron chi connectivity index (χ0n) is 18.4. The highest BCUT2D eigenvalue weighted by atomic mass is 32.2.